The largest absolute Gasteiger partial charge is 0.324 e. The number of hydrogen-bond donors (Lipinski definition) is 1. The molecule has 2 aromatic rings. The van der Waals surface area contributed by atoms with Gasteiger partial charge in [0.1, 0.15) is 5.82 Å². The van der Waals surface area contributed by atoms with Gasteiger partial charge in [-0.05, 0) is 30.9 Å². The van der Waals surface area contributed by atoms with Crippen molar-refractivity contribution in [2.24, 2.45) is 11.7 Å². The second-order valence-corrected chi connectivity index (χ2v) is 5.81. The van der Waals surface area contributed by atoms with E-state index < -0.39 is 0 Å². The van der Waals surface area contributed by atoms with Gasteiger partial charge in [0, 0.05) is 11.6 Å². The summed E-state index contributed by atoms with van der Waals surface area (Å²) in [6.07, 6.45) is 4.97. The summed E-state index contributed by atoms with van der Waals surface area (Å²) in [7, 11) is 0. The molecule has 0 bridgehead atoms. The standard InChI is InChI=1S/C16H22N4/c1-12-7-9-13(10-8-12)16-19-18-15(11-17)20(16)14-5-3-2-4-6-14/h2-6,12-13H,7-11,17H2,1H3. The van der Waals surface area contributed by atoms with E-state index in [9.17, 15) is 0 Å². The molecule has 1 heterocycles. The summed E-state index contributed by atoms with van der Waals surface area (Å²) in [5.74, 6) is 3.29. The van der Waals surface area contributed by atoms with Crippen molar-refractivity contribution in [2.45, 2.75) is 45.1 Å². The van der Waals surface area contributed by atoms with Crippen LogP contribution in [0.15, 0.2) is 30.3 Å². The van der Waals surface area contributed by atoms with Gasteiger partial charge in [-0.25, -0.2) is 0 Å². The van der Waals surface area contributed by atoms with Gasteiger partial charge >= 0.3 is 0 Å². The van der Waals surface area contributed by atoms with Gasteiger partial charge in [0.2, 0.25) is 0 Å². The van der Waals surface area contributed by atoms with E-state index >= 15 is 0 Å². The highest BCUT2D eigenvalue weighted by Crippen LogP contribution is 2.35. The first-order valence-electron chi connectivity index (χ1n) is 7.49. The van der Waals surface area contributed by atoms with Crippen molar-refractivity contribution in [1.82, 2.24) is 14.8 Å². The van der Waals surface area contributed by atoms with E-state index in [-0.39, 0.29) is 0 Å². The minimum atomic E-state index is 0.422. The SMILES string of the molecule is CC1CCC(c2nnc(CN)n2-c2ccccc2)CC1. The molecule has 4 heteroatoms. The average Bonchev–Trinajstić information content (AvgIpc) is 2.93. The van der Waals surface area contributed by atoms with Crippen molar-refractivity contribution in [1.29, 1.82) is 0 Å². The average molecular weight is 270 g/mol. The second kappa shape index (κ2) is 5.75. The topological polar surface area (TPSA) is 56.7 Å². The number of nitrogens with zero attached hydrogens (tertiary/aromatic N) is 3. The summed E-state index contributed by atoms with van der Waals surface area (Å²) < 4.78 is 2.15. The van der Waals surface area contributed by atoms with Crippen LogP contribution in [0.2, 0.25) is 0 Å². The van der Waals surface area contributed by atoms with Crippen molar-refractivity contribution in [2.75, 3.05) is 0 Å². The van der Waals surface area contributed by atoms with E-state index in [2.05, 4.69) is 33.8 Å². The molecule has 3 rings (SSSR count). The van der Waals surface area contributed by atoms with Crippen LogP contribution in [0.1, 0.15) is 50.2 Å². The molecule has 1 fully saturated rings. The summed E-state index contributed by atoms with van der Waals surface area (Å²) in [6, 6.07) is 10.3. The Morgan fingerprint density at radius 3 is 2.45 bits per heavy atom. The molecule has 20 heavy (non-hydrogen) atoms. The predicted molar refractivity (Wildman–Crippen MR) is 79.6 cm³/mol. The quantitative estimate of drug-likeness (QED) is 0.932. The van der Waals surface area contributed by atoms with Gasteiger partial charge in [-0.15, -0.1) is 10.2 Å². The summed E-state index contributed by atoms with van der Waals surface area (Å²) in [4.78, 5) is 0. The maximum atomic E-state index is 5.83. The molecule has 0 radical (unpaired) electrons. The zero-order chi connectivity index (χ0) is 13.9. The highest BCUT2D eigenvalue weighted by Gasteiger charge is 2.25. The molecule has 0 spiro atoms. The first kappa shape index (κ1) is 13.3. The van der Waals surface area contributed by atoms with Gasteiger partial charge in [0.15, 0.2) is 5.82 Å². The van der Waals surface area contributed by atoms with Crippen LogP contribution in [0.3, 0.4) is 0 Å². The molecular weight excluding hydrogens is 248 g/mol. The summed E-state index contributed by atoms with van der Waals surface area (Å²) in [5, 5.41) is 8.74. The van der Waals surface area contributed by atoms with Crippen LogP contribution in [-0.2, 0) is 6.54 Å². The monoisotopic (exact) mass is 270 g/mol. The molecule has 0 amide bonds. The zero-order valence-electron chi connectivity index (χ0n) is 12.0. The number of rotatable bonds is 3. The Hall–Kier alpha value is -1.68. The molecule has 0 atom stereocenters. The normalized spacial score (nSPS) is 22.9. The number of benzene rings is 1. The lowest BCUT2D eigenvalue weighted by Crippen LogP contribution is -2.16. The van der Waals surface area contributed by atoms with Gasteiger partial charge < -0.3 is 5.73 Å². The predicted octanol–water partition coefficient (Wildman–Crippen LogP) is 3.02. The Morgan fingerprint density at radius 1 is 1.10 bits per heavy atom. The van der Waals surface area contributed by atoms with Crippen molar-refractivity contribution in [3.8, 4) is 5.69 Å². The molecule has 4 nitrogen and oxygen atoms in total. The first-order valence-corrected chi connectivity index (χ1v) is 7.49. The molecule has 0 aliphatic heterocycles. The van der Waals surface area contributed by atoms with Gasteiger partial charge in [-0.3, -0.25) is 4.57 Å². The van der Waals surface area contributed by atoms with Gasteiger partial charge in [0.25, 0.3) is 0 Å². The molecule has 1 aliphatic rings. The zero-order valence-corrected chi connectivity index (χ0v) is 12.0. The van der Waals surface area contributed by atoms with E-state index in [1.807, 2.05) is 18.2 Å². The van der Waals surface area contributed by atoms with Crippen LogP contribution in [0.25, 0.3) is 5.69 Å². The van der Waals surface area contributed by atoms with Gasteiger partial charge in [0.05, 0.1) is 6.54 Å². The van der Waals surface area contributed by atoms with Crippen LogP contribution >= 0.6 is 0 Å². The van der Waals surface area contributed by atoms with Crippen LogP contribution < -0.4 is 5.73 Å². The number of nitrogens with two attached hydrogens (primary N) is 1. The Morgan fingerprint density at radius 2 is 1.80 bits per heavy atom. The smallest absolute Gasteiger partial charge is 0.151 e. The third kappa shape index (κ3) is 2.48. The molecule has 1 aliphatic carbocycles. The lowest BCUT2D eigenvalue weighted by molar-refractivity contribution is 0.337. The first-order chi connectivity index (χ1) is 9.79. The number of hydrogen-bond acceptors (Lipinski definition) is 3. The van der Waals surface area contributed by atoms with E-state index in [1.165, 1.54) is 25.7 Å². The Labute approximate surface area is 120 Å². The Kier molecular flexibility index (Phi) is 3.83. The van der Waals surface area contributed by atoms with Crippen molar-refractivity contribution >= 4 is 0 Å². The van der Waals surface area contributed by atoms with Crippen molar-refractivity contribution < 1.29 is 0 Å². The summed E-state index contributed by atoms with van der Waals surface area (Å²) in [5.41, 5.74) is 6.95. The van der Waals surface area contributed by atoms with E-state index in [0.717, 1.165) is 23.3 Å². The second-order valence-electron chi connectivity index (χ2n) is 5.81. The van der Waals surface area contributed by atoms with E-state index in [1.54, 1.807) is 0 Å². The third-order valence-electron chi connectivity index (χ3n) is 4.33. The van der Waals surface area contributed by atoms with Crippen molar-refractivity contribution in [3.05, 3.63) is 42.0 Å². The molecule has 1 aromatic carbocycles. The summed E-state index contributed by atoms with van der Waals surface area (Å²) >= 11 is 0. The maximum absolute atomic E-state index is 5.83. The maximum Gasteiger partial charge on any atom is 0.151 e. The van der Waals surface area contributed by atoms with Gasteiger partial charge in [-0.1, -0.05) is 38.0 Å². The molecule has 106 valence electrons. The van der Waals surface area contributed by atoms with Crippen molar-refractivity contribution in [3.63, 3.8) is 0 Å². The van der Waals surface area contributed by atoms with Gasteiger partial charge in [-0.2, -0.15) is 0 Å². The molecular formula is C16H22N4. The minimum absolute atomic E-state index is 0.422. The van der Waals surface area contributed by atoms with Crippen LogP contribution in [-0.4, -0.2) is 14.8 Å². The molecule has 0 saturated heterocycles. The Balaban J connectivity index is 1.98. The van der Waals surface area contributed by atoms with Crippen LogP contribution in [0.5, 0.6) is 0 Å². The Bertz CT molecular complexity index is 553. The third-order valence-corrected chi connectivity index (χ3v) is 4.33. The highest BCUT2D eigenvalue weighted by molar-refractivity contribution is 5.34. The lowest BCUT2D eigenvalue weighted by atomic mass is 9.82. The lowest BCUT2D eigenvalue weighted by Gasteiger charge is -2.26. The van der Waals surface area contributed by atoms with Crippen LogP contribution in [0, 0.1) is 5.92 Å². The van der Waals surface area contributed by atoms with E-state index in [0.29, 0.717) is 12.5 Å². The number of para-hydroxylation sites is 1. The summed E-state index contributed by atoms with van der Waals surface area (Å²) in [6.45, 7) is 2.76. The molecule has 1 saturated carbocycles. The fraction of sp³-hybridized carbons (Fsp3) is 0.500. The molecule has 1 aromatic heterocycles. The van der Waals surface area contributed by atoms with E-state index in [4.69, 9.17) is 5.73 Å². The fourth-order valence-corrected chi connectivity index (χ4v) is 3.10. The molecule has 0 unspecified atom stereocenters. The molecule has 2 N–H and O–H groups in total. The number of aromatic nitrogens is 3. The van der Waals surface area contributed by atoms with Crippen LogP contribution in [0.4, 0.5) is 0 Å². The highest BCUT2D eigenvalue weighted by atomic mass is 15.3. The fourth-order valence-electron chi connectivity index (χ4n) is 3.10. The minimum Gasteiger partial charge on any atom is -0.324 e.